The minimum Gasteiger partial charge on any atom is -0.383 e. The van der Waals surface area contributed by atoms with Crippen LogP contribution in [0.4, 0.5) is 0 Å². The summed E-state index contributed by atoms with van der Waals surface area (Å²) in [6.45, 7) is 3.12. The number of benzene rings is 2. The standard InChI is InChI=1S/C18H17ClN2O2S/c1-12-4-3-5-13(10-12)17(22)20-18-21(8-9-23-2)15-7-6-14(19)11-16(15)24-18/h3-7,10-11H,8-9H2,1-2H3. The van der Waals surface area contributed by atoms with E-state index >= 15 is 0 Å². The van der Waals surface area contributed by atoms with Crippen LogP contribution in [-0.2, 0) is 11.3 Å². The monoisotopic (exact) mass is 360 g/mol. The Morgan fingerprint density at radius 2 is 2.12 bits per heavy atom. The van der Waals surface area contributed by atoms with Crippen molar-refractivity contribution in [3.05, 3.63) is 63.4 Å². The van der Waals surface area contributed by atoms with Crippen LogP contribution >= 0.6 is 22.9 Å². The second kappa shape index (κ2) is 7.30. The van der Waals surface area contributed by atoms with Gasteiger partial charge in [-0.2, -0.15) is 4.99 Å². The van der Waals surface area contributed by atoms with Crippen LogP contribution in [0, 0.1) is 6.92 Å². The molecule has 6 heteroatoms. The first-order valence-corrected chi connectivity index (χ1v) is 8.71. The van der Waals surface area contributed by atoms with E-state index in [9.17, 15) is 4.79 Å². The molecule has 1 amide bonds. The highest BCUT2D eigenvalue weighted by Gasteiger charge is 2.10. The first-order chi connectivity index (χ1) is 11.6. The van der Waals surface area contributed by atoms with Crippen LogP contribution in [-0.4, -0.2) is 24.2 Å². The molecule has 1 heterocycles. The molecule has 1 aromatic heterocycles. The van der Waals surface area contributed by atoms with Crippen molar-refractivity contribution in [2.24, 2.45) is 4.99 Å². The number of aromatic nitrogens is 1. The zero-order valence-corrected chi connectivity index (χ0v) is 15.0. The van der Waals surface area contributed by atoms with Crippen LogP contribution in [0.15, 0.2) is 47.5 Å². The zero-order chi connectivity index (χ0) is 17.1. The lowest BCUT2D eigenvalue weighted by Gasteiger charge is -2.04. The number of carbonyl (C=O) groups is 1. The predicted molar refractivity (Wildman–Crippen MR) is 97.8 cm³/mol. The van der Waals surface area contributed by atoms with Crippen molar-refractivity contribution in [3.63, 3.8) is 0 Å². The predicted octanol–water partition coefficient (Wildman–Crippen LogP) is 4.05. The Kier molecular flexibility index (Phi) is 5.14. The fourth-order valence-corrected chi connectivity index (χ4v) is 3.79. The Morgan fingerprint density at radius 1 is 1.29 bits per heavy atom. The summed E-state index contributed by atoms with van der Waals surface area (Å²) in [6.07, 6.45) is 0. The van der Waals surface area contributed by atoms with Gasteiger partial charge in [0.2, 0.25) is 0 Å². The van der Waals surface area contributed by atoms with Crippen molar-refractivity contribution in [2.45, 2.75) is 13.5 Å². The maximum Gasteiger partial charge on any atom is 0.279 e. The lowest BCUT2D eigenvalue weighted by Crippen LogP contribution is -2.19. The Balaban J connectivity index is 2.11. The highest BCUT2D eigenvalue weighted by molar-refractivity contribution is 7.16. The third-order valence-corrected chi connectivity index (χ3v) is 4.90. The van der Waals surface area contributed by atoms with Crippen LogP contribution in [0.5, 0.6) is 0 Å². The van der Waals surface area contributed by atoms with E-state index in [2.05, 4.69) is 4.99 Å². The van der Waals surface area contributed by atoms with Crippen molar-refractivity contribution in [2.75, 3.05) is 13.7 Å². The largest absolute Gasteiger partial charge is 0.383 e. The van der Waals surface area contributed by atoms with E-state index in [0.717, 1.165) is 15.8 Å². The fraction of sp³-hybridized carbons (Fsp3) is 0.222. The SMILES string of the molecule is COCCn1c(=NC(=O)c2cccc(C)c2)sc2cc(Cl)ccc21. The third kappa shape index (κ3) is 3.59. The lowest BCUT2D eigenvalue weighted by molar-refractivity contribution is 0.0997. The number of fused-ring (bicyclic) bond motifs is 1. The van der Waals surface area contributed by atoms with Crippen molar-refractivity contribution in [3.8, 4) is 0 Å². The van der Waals surface area contributed by atoms with Gasteiger partial charge >= 0.3 is 0 Å². The molecule has 24 heavy (non-hydrogen) atoms. The molecule has 0 aliphatic carbocycles. The van der Waals surface area contributed by atoms with Crippen LogP contribution in [0.1, 0.15) is 15.9 Å². The highest BCUT2D eigenvalue weighted by Crippen LogP contribution is 2.22. The molecule has 4 nitrogen and oxygen atoms in total. The molecule has 0 radical (unpaired) electrons. The average molecular weight is 361 g/mol. The molecule has 0 atom stereocenters. The summed E-state index contributed by atoms with van der Waals surface area (Å²) in [6, 6.07) is 13.1. The number of methoxy groups -OCH3 is 1. The number of hydrogen-bond donors (Lipinski definition) is 0. The fourth-order valence-electron chi connectivity index (χ4n) is 2.46. The molecule has 0 bridgehead atoms. The van der Waals surface area contributed by atoms with E-state index in [1.807, 2.05) is 47.9 Å². The van der Waals surface area contributed by atoms with Gasteiger partial charge in [0.15, 0.2) is 4.80 Å². The molecule has 0 unspecified atom stereocenters. The second-order valence-corrected chi connectivity index (χ2v) is 6.87. The summed E-state index contributed by atoms with van der Waals surface area (Å²) < 4.78 is 8.17. The number of nitrogens with zero attached hydrogens (tertiary/aromatic N) is 2. The average Bonchev–Trinajstić information content (AvgIpc) is 2.89. The molecule has 3 rings (SSSR count). The van der Waals surface area contributed by atoms with E-state index in [1.54, 1.807) is 13.2 Å². The van der Waals surface area contributed by atoms with E-state index in [1.165, 1.54) is 11.3 Å². The van der Waals surface area contributed by atoms with Gasteiger partial charge in [-0.3, -0.25) is 4.79 Å². The van der Waals surface area contributed by atoms with Gasteiger partial charge in [0, 0.05) is 24.2 Å². The second-order valence-electron chi connectivity index (χ2n) is 5.43. The van der Waals surface area contributed by atoms with Gasteiger partial charge in [0.05, 0.1) is 16.8 Å². The van der Waals surface area contributed by atoms with Gasteiger partial charge in [-0.05, 0) is 37.3 Å². The highest BCUT2D eigenvalue weighted by atomic mass is 35.5. The topological polar surface area (TPSA) is 43.6 Å². The molecular formula is C18H17ClN2O2S. The number of amides is 1. The summed E-state index contributed by atoms with van der Waals surface area (Å²) in [5.41, 5.74) is 2.62. The van der Waals surface area contributed by atoms with E-state index in [0.29, 0.717) is 28.5 Å². The molecule has 0 aliphatic heterocycles. The molecular weight excluding hydrogens is 344 g/mol. The third-order valence-electron chi connectivity index (χ3n) is 3.63. The lowest BCUT2D eigenvalue weighted by atomic mass is 10.1. The van der Waals surface area contributed by atoms with Crippen molar-refractivity contribution in [1.29, 1.82) is 0 Å². The molecule has 0 saturated heterocycles. The van der Waals surface area contributed by atoms with E-state index in [-0.39, 0.29) is 5.91 Å². The number of carbonyl (C=O) groups excluding carboxylic acids is 1. The Bertz CT molecular complexity index is 959. The van der Waals surface area contributed by atoms with Crippen LogP contribution in [0.2, 0.25) is 5.02 Å². The molecule has 2 aromatic carbocycles. The Labute approximate surface area is 149 Å². The number of hydrogen-bond acceptors (Lipinski definition) is 3. The molecule has 0 fully saturated rings. The molecule has 0 saturated carbocycles. The Hall–Kier alpha value is -1.95. The van der Waals surface area contributed by atoms with Gasteiger partial charge in [-0.1, -0.05) is 40.6 Å². The van der Waals surface area contributed by atoms with Crippen LogP contribution in [0.3, 0.4) is 0 Å². The van der Waals surface area contributed by atoms with Crippen molar-refractivity contribution >= 4 is 39.1 Å². The molecule has 0 N–H and O–H groups in total. The molecule has 3 aromatic rings. The summed E-state index contributed by atoms with van der Waals surface area (Å²) in [7, 11) is 1.65. The molecule has 0 aliphatic rings. The molecule has 0 spiro atoms. The summed E-state index contributed by atoms with van der Waals surface area (Å²) in [5.74, 6) is -0.248. The van der Waals surface area contributed by atoms with Gasteiger partial charge in [0.25, 0.3) is 5.91 Å². The normalized spacial score (nSPS) is 12.0. The van der Waals surface area contributed by atoms with Gasteiger partial charge in [-0.25, -0.2) is 0 Å². The summed E-state index contributed by atoms with van der Waals surface area (Å²) in [4.78, 5) is 17.5. The summed E-state index contributed by atoms with van der Waals surface area (Å²) >= 11 is 7.53. The first kappa shape index (κ1) is 16.9. The summed E-state index contributed by atoms with van der Waals surface area (Å²) in [5, 5.41) is 0.666. The van der Waals surface area contributed by atoms with E-state index < -0.39 is 0 Å². The molecule has 124 valence electrons. The van der Waals surface area contributed by atoms with E-state index in [4.69, 9.17) is 16.3 Å². The Morgan fingerprint density at radius 3 is 2.88 bits per heavy atom. The van der Waals surface area contributed by atoms with Crippen LogP contribution < -0.4 is 4.80 Å². The zero-order valence-electron chi connectivity index (χ0n) is 13.5. The van der Waals surface area contributed by atoms with Crippen molar-refractivity contribution in [1.82, 2.24) is 4.57 Å². The number of aryl methyl sites for hydroxylation is 1. The van der Waals surface area contributed by atoms with Gasteiger partial charge in [0.1, 0.15) is 0 Å². The van der Waals surface area contributed by atoms with Gasteiger partial charge in [-0.15, -0.1) is 0 Å². The van der Waals surface area contributed by atoms with Crippen LogP contribution in [0.25, 0.3) is 10.2 Å². The quantitative estimate of drug-likeness (QED) is 0.704. The minimum atomic E-state index is -0.248. The maximum atomic E-state index is 12.5. The number of thiazole rings is 1. The first-order valence-electron chi connectivity index (χ1n) is 7.52. The number of halogens is 1. The van der Waals surface area contributed by atoms with Gasteiger partial charge < -0.3 is 9.30 Å². The minimum absolute atomic E-state index is 0.248. The number of ether oxygens (including phenoxy) is 1. The smallest absolute Gasteiger partial charge is 0.279 e. The van der Waals surface area contributed by atoms with Crippen molar-refractivity contribution < 1.29 is 9.53 Å². The number of rotatable bonds is 4. The maximum absolute atomic E-state index is 12.5.